The van der Waals surface area contributed by atoms with E-state index >= 15 is 0 Å². The number of urea groups is 1. The van der Waals surface area contributed by atoms with Crippen LogP contribution in [0.5, 0.6) is 0 Å². The van der Waals surface area contributed by atoms with E-state index in [-0.39, 0.29) is 29.4 Å². The van der Waals surface area contributed by atoms with Crippen LogP contribution in [-0.4, -0.2) is 36.5 Å². The van der Waals surface area contributed by atoms with Crippen molar-refractivity contribution in [3.63, 3.8) is 0 Å². The Bertz CT molecular complexity index is 890. The maximum Gasteiger partial charge on any atom is 0.317 e. The van der Waals surface area contributed by atoms with Gasteiger partial charge in [0.05, 0.1) is 5.02 Å². The predicted octanol–water partition coefficient (Wildman–Crippen LogP) is 4.32. The first-order valence-electron chi connectivity index (χ1n) is 9.82. The van der Waals surface area contributed by atoms with Crippen LogP contribution in [0, 0.1) is 5.82 Å². The second-order valence-electron chi connectivity index (χ2n) is 7.18. The largest absolute Gasteiger partial charge is 0.348 e. The molecule has 2 aromatic rings. The lowest BCUT2D eigenvalue weighted by Crippen LogP contribution is -2.44. The highest BCUT2D eigenvalue weighted by Gasteiger charge is 2.24. The van der Waals surface area contributed by atoms with E-state index in [9.17, 15) is 14.0 Å². The monoisotopic (exact) mass is 417 g/mol. The number of amides is 3. The van der Waals surface area contributed by atoms with E-state index in [1.807, 2.05) is 30.0 Å². The summed E-state index contributed by atoms with van der Waals surface area (Å²) in [6, 6.07) is 11.9. The fraction of sp³-hybridized carbons (Fsp3) is 0.364. The van der Waals surface area contributed by atoms with Gasteiger partial charge in [0.15, 0.2) is 0 Å². The van der Waals surface area contributed by atoms with Gasteiger partial charge >= 0.3 is 6.03 Å². The molecule has 5 nitrogen and oxygen atoms in total. The van der Waals surface area contributed by atoms with Gasteiger partial charge in [0.2, 0.25) is 0 Å². The van der Waals surface area contributed by atoms with Crippen LogP contribution < -0.4 is 10.6 Å². The van der Waals surface area contributed by atoms with Crippen LogP contribution in [0.4, 0.5) is 9.18 Å². The van der Waals surface area contributed by atoms with Gasteiger partial charge < -0.3 is 15.5 Å². The number of rotatable bonds is 5. The number of benzene rings is 2. The number of piperidine rings is 1. The molecule has 0 unspecified atom stereocenters. The molecule has 0 bridgehead atoms. The molecule has 3 rings (SSSR count). The molecule has 2 N–H and O–H groups in total. The predicted molar refractivity (Wildman–Crippen MR) is 112 cm³/mol. The summed E-state index contributed by atoms with van der Waals surface area (Å²) in [6.45, 7) is 4.17. The highest BCUT2D eigenvalue weighted by molar-refractivity contribution is 6.30. The number of nitrogens with one attached hydrogen (secondary N) is 2. The lowest BCUT2D eigenvalue weighted by molar-refractivity contribution is 0.0950. The highest BCUT2D eigenvalue weighted by Crippen LogP contribution is 2.27. The van der Waals surface area contributed by atoms with Gasteiger partial charge in [-0.05, 0) is 55.2 Å². The normalized spacial score (nSPS) is 16.4. The number of carbonyl (C=O) groups is 2. The molecule has 1 heterocycles. The van der Waals surface area contributed by atoms with Crippen LogP contribution in [0.15, 0.2) is 42.5 Å². The zero-order valence-electron chi connectivity index (χ0n) is 16.4. The molecule has 1 aliphatic heterocycles. The minimum atomic E-state index is -0.483. The molecule has 0 saturated carbocycles. The van der Waals surface area contributed by atoms with Crippen LogP contribution in [-0.2, 0) is 6.54 Å². The van der Waals surface area contributed by atoms with Gasteiger partial charge in [-0.25, -0.2) is 9.18 Å². The van der Waals surface area contributed by atoms with E-state index in [1.54, 1.807) is 12.1 Å². The molecular formula is C22H25ClFN3O2. The Labute approximate surface area is 175 Å². The Morgan fingerprint density at radius 2 is 2.03 bits per heavy atom. The highest BCUT2D eigenvalue weighted by atomic mass is 35.5. The Morgan fingerprint density at radius 3 is 2.79 bits per heavy atom. The second-order valence-corrected chi connectivity index (χ2v) is 7.58. The molecule has 1 saturated heterocycles. The van der Waals surface area contributed by atoms with Crippen molar-refractivity contribution < 1.29 is 14.0 Å². The maximum atomic E-state index is 13.3. The molecule has 0 aromatic heterocycles. The summed E-state index contributed by atoms with van der Waals surface area (Å²) < 4.78 is 13.3. The zero-order chi connectivity index (χ0) is 20.8. The van der Waals surface area contributed by atoms with Crippen molar-refractivity contribution in [1.29, 1.82) is 0 Å². The number of carbonyl (C=O) groups excluding carboxylic acids is 2. The average Bonchev–Trinajstić information content (AvgIpc) is 2.74. The Hall–Kier alpha value is -2.60. The van der Waals surface area contributed by atoms with E-state index < -0.39 is 5.82 Å². The molecule has 3 amide bonds. The minimum absolute atomic E-state index is 0.0349. The Kier molecular flexibility index (Phi) is 7.09. The Morgan fingerprint density at radius 1 is 1.21 bits per heavy atom. The maximum absolute atomic E-state index is 13.3. The Balaban J connectivity index is 1.64. The minimum Gasteiger partial charge on any atom is -0.348 e. The molecule has 0 spiro atoms. The van der Waals surface area contributed by atoms with Crippen molar-refractivity contribution in [2.45, 2.75) is 32.2 Å². The first kappa shape index (κ1) is 21.1. The molecule has 1 fully saturated rings. The number of nitrogens with zero attached hydrogens (tertiary/aromatic N) is 1. The third-order valence-electron chi connectivity index (χ3n) is 5.09. The van der Waals surface area contributed by atoms with Crippen LogP contribution in [0.2, 0.25) is 5.02 Å². The molecule has 0 aliphatic carbocycles. The van der Waals surface area contributed by atoms with Gasteiger partial charge in [-0.1, -0.05) is 29.8 Å². The van der Waals surface area contributed by atoms with Crippen molar-refractivity contribution in [2.24, 2.45) is 0 Å². The van der Waals surface area contributed by atoms with Gasteiger partial charge in [0, 0.05) is 37.7 Å². The van der Waals surface area contributed by atoms with Gasteiger partial charge in [-0.2, -0.15) is 0 Å². The number of halogens is 2. The molecule has 1 atom stereocenters. The standard InChI is InChI=1S/C22H25ClFN3O2/c1-2-25-22(29)27-10-4-7-18(14-27)16-5-3-6-17(12-16)21(28)26-13-15-8-9-20(24)19(23)11-15/h3,5-6,8-9,11-12,18H,2,4,7,10,13-14H2,1H3,(H,25,29)(H,26,28)/t18-/m0/s1. The third kappa shape index (κ3) is 5.48. The number of likely N-dealkylation sites (tertiary alicyclic amines) is 1. The first-order valence-corrected chi connectivity index (χ1v) is 10.2. The summed E-state index contributed by atoms with van der Waals surface area (Å²) in [5.74, 6) is -0.484. The second kappa shape index (κ2) is 9.74. The lowest BCUT2D eigenvalue weighted by Gasteiger charge is -2.33. The van der Waals surface area contributed by atoms with Crippen molar-refractivity contribution in [3.05, 3.63) is 70.0 Å². The zero-order valence-corrected chi connectivity index (χ0v) is 17.1. The van der Waals surface area contributed by atoms with Gasteiger partial charge in [0.1, 0.15) is 5.82 Å². The molecular weight excluding hydrogens is 393 g/mol. The van der Waals surface area contributed by atoms with E-state index in [0.717, 1.165) is 30.5 Å². The topological polar surface area (TPSA) is 61.4 Å². The van der Waals surface area contributed by atoms with Gasteiger partial charge in [-0.15, -0.1) is 0 Å². The number of hydrogen-bond donors (Lipinski definition) is 2. The molecule has 0 radical (unpaired) electrons. The van der Waals surface area contributed by atoms with E-state index in [4.69, 9.17) is 11.6 Å². The van der Waals surface area contributed by atoms with E-state index in [1.165, 1.54) is 12.1 Å². The first-order chi connectivity index (χ1) is 14.0. The fourth-order valence-corrected chi connectivity index (χ4v) is 3.77. The molecule has 2 aromatic carbocycles. The average molecular weight is 418 g/mol. The van der Waals surface area contributed by atoms with Crippen molar-refractivity contribution in [1.82, 2.24) is 15.5 Å². The molecule has 154 valence electrons. The molecule has 7 heteroatoms. The smallest absolute Gasteiger partial charge is 0.317 e. The fourth-order valence-electron chi connectivity index (χ4n) is 3.56. The van der Waals surface area contributed by atoms with Gasteiger partial charge in [0.25, 0.3) is 5.91 Å². The van der Waals surface area contributed by atoms with Crippen molar-refractivity contribution in [3.8, 4) is 0 Å². The quantitative estimate of drug-likeness (QED) is 0.761. The van der Waals surface area contributed by atoms with Crippen LogP contribution in [0.25, 0.3) is 0 Å². The molecule has 1 aliphatic rings. The van der Waals surface area contributed by atoms with Crippen molar-refractivity contribution in [2.75, 3.05) is 19.6 Å². The van der Waals surface area contributed by atoms with Crippen LogP contribution >= 0.6 is 11.6 Å². The van der Waals surface area contributed by atoms with Crippen LogP contribution in [0.3, 0.4) is 0 Å². The summed E-state index contributed by atoms with van der Waals surface area (Å²) in [5, 5.41) is 5.72. The SMILES string of the molecule is CCNC(=O)N1CCC[C@H](c2cccc(C(=O)NCc3ccc(F)c(Cl)c3)c2)C1. The molecule has 29 heavy (non-hydrogen) atoms. The van der Waals surface area contributed by atoms with E-state index in [0.29, 0.717) is 18.7 Å². The summed E-state index contributed by atoms with van der Waals surface area (Å²) >= 11 is 5.79. The van der Waals surface area contributed by atoms with Crippen LogP contribution in [0.1, 0.15) is 47.2 Å². The lowest BCUT2D eigenvalue weighted by atomic mass is 9.89. The van der Waals surface area contributed by atoms with Gasteiger partial charge in [-0.3, -0.25) is 4.79 Å². The number of hydrogen-bond acceptors (Lipinski definition) is 2. The summed E-state index contributed by atoms with van der Waals surface area (Å²) in [7, 11) is 0. The summed E-state index contributed by atoms with van der Waals surface area (Å²) in [5.41, 5.74) is 2.34. The summed E-state index contributed by atoms with van der Waals surface area (Å²) in [4.78, 5) is 26.5. The van der Waals surface area contributed by atoms with Crippen molar-refractivity contribution >= 4 is 23.5 Å². The third-order valence-corrected chi connectivity index (χ3v) is 5.38. The van der Waals surface area contributed by atoms with E-state index in [2.05, 4.69) is 10.6 Å². The summed E-state index contributed by atoms with van der Waals surface area (Å²) in [6.07, 6.45) is 1.92.